The number of fused-ring (bicyclic) bond motifs is 1. The zero-order chi connectivity index (χ0) is 32.4. The van der Waals surface area contributed by atoms with Crippen LogP contribution in [0.25, 0.3) is 11.0 Å². The molecule has 1 unspecified atom stereocenters. The average molecular weight is 648 g/mol. The van der Waals surface area contributed by atoms with Gasteiger partial charge in [-0.25, -0.2) is 14.0 Å². The van der Waals surface area contributed by atoms with Crippen molar-refractivity contribution in [2.75, 3.05) is 26.3 Å². The second-order valence-electron chi connectivity index (χ2n) is 14.2. The molecule has 2 aromatic carbocycles. The third-order valence-electron chi connectivity index (χ3n) is 8.32. The number of carbonyl (C=O) groups is 1. The summed E-state index contributed by atoms with van der Waals surface area (Å²) in [7, 11) is 0.484. The van der Waals surface area contributed by atoms with E-state index in [0.717, 1.165) is 22.7 Å². The predicted molar refractivity (Wildman–Crippen MR) is 176 cm³/mol. The summed E-state index contributed by atoms with van der Waals surface area (Å²) in [5, 5.41) is 0.503. The predicted octanol–water partition coefficient (Wildman–Crippen LogP) is 7.49. The molecule has 0 radical (unpaired) electrons. The van der Waals surface area contributed by atoms with Crippen LogP contribution in [0.4, 0.5) is 9.18 Å². The molecule has 11 heteroatoms. The van der Waals surface area contributed by atoms with Crippen LogP contribution >= 0.6 is 11.6 Å². The Bertz CT molecular complexity index is 1520. The lowest BCUT2D eigenvalue weighted by molar-refractivity contribution is -0.00935. The van der Waals surface area contributed by atoms with Crippen molar-refractivity contribution in [2.45, 2.75) is 90.1 Å². The Morgan fingerprint density at radius 1 is 1.11 bits per heavy atom. The fourth-order valence-corrected chi connectivity index (χ4v) is 6.64. The molecule has 0 saturated carbocycles. The van der Waals surface area contributed by atoms with E-state index in [0.29, 0.717) is 49.7 Å². The van der Waals surface area contributed by atoms with Crippen molar-refractivity contribution >= 4 is 36.8 Å². The van der Waals surface area contributed by atoms with Crippen molar-refractivity contribution in [3.8, 4) is 0 Å². The van der Waals surface area contributed by atoms with Crippen molar-refractivity contribution in [1.82, 2.24) is 14.0 Å². The van der Waals surface area contributed by atoms with Crippen molar-refractivity contribution in [1.29, 1.82) is 0 Å². The van der Waals surface area contributed by atoms with Crippen LogP contribution in [0.5, 0.6) is 0 Å². The first-order valence-corrected chi connectivity index (χ1v) is 19.4. The molecule has 2 heterocycles. The molecule has 1 aromatic heterocycles. The summed E-state index contributed by atoms with van der Waals surface area (Å²) in [5.74, 6) is -0.305. The fourth-order valence-electron chi connectivity index (χ4n) is 5.66. The van der Waals surface area contributed by atoms with Crippen molar-refractivity contribution in [3.63, 3.8) is 0 Å². The smallest absolute Gasteiger partial charge is 0.410 e. The zero-order valence-electron chi connectivity index (χ0n) is 27.3. The molecule has 4 rings (SSSR count). The molecule has 3 aromatic rings. The summed E-state index contributed by atoms with van der Waals surface area (Å²) in [4.78, 5) is 27.8. The SMILES string of the molecule is CC(OCC1(c2ccc(F)cc2)CCN(C(=O)OC(C)(C)C)CC1)c1cc(Cl)cc2c1n(C)c(=O)n2COCC[Si](C)(C)C. The Balaban J connectivity index is 1.57. The number of aromatic nitrogens is 2. The number of amides is 1. The summed E-state index contributed by atoms with van der Waals surface area (Å²) < 4.78 is 35.3. The van der Waals surface area contributed by atoms with Gasteiger partial charge in [-0.2, -0.15) is 0 Å². The van der Waals surface area contributed by atoms with E-state index in [4.69, 9.17) is 25.8 Å². The molecule has 242 valence electrons. The van der Waals surface area contributed by atoms with Gasteiger partial charge in [-0.15, -0.1) is 0 Å². The van der Waals surface area contributed by atoms with E-state index < -0.39 is 25.2 Å². The second kappa shape index (κ2) is 13.4. The molecule has 1 aliphatic heterocycles. The highest BCUT2D eigenvalue weighted by molar-refractivity contribution is 6.76. The van der Waals surface area contributed by atoms with Crippen LogP contribution < -0.4 is 5.69 Å². The van der Waals surface area contributed by atoms with E-state index in [1.54, 1.807) is 39.3 Å². The highest BCUT2D eigenvalue weighted by atomic mass is 35.5. The van der Waals surface area contributed by atoms with Gasteiger partial charge in [0.25, 0.3) is 0 Å². The quantitative estimate of drug-likeness (QED) is 0.168. The molecule has 0 N–H and O–H groups in total. The van der Waals surface area contributed by atoms with Crippen LogP contribution in [0.1, 0.15) is 57.8 Å². The molecule has 0 aliphatic carbocycles. The first-order valence-electron chi connectivity index (χ1n) is 15.3. The number of carbonyl (C=O) groups excluding carboxylic acids is 1. The van der Waals surface area contributed by atoms with E-state index in [1.807, 2.05) is 33.8 Å². The molecule has 44 heavy (non-hydrogen) atoms. The first kappa shape index (κ1) is 34.2. The van der Waals surface area contributed by atoms with Gasteiger partial charge in [0, 0.05) is 50.8 Å². The summed E-state index contributed by atoms with van der Waals surface area (Å²) >= 11 is 6.60. The maximum atomic E-state index is 13.9. The lowest BCUT2D eigenvalue weighted by Crippen LogP contribution is -2.48. The lowest BCUT2D eigenvalue weighted by Gasteiger charge is -2.42. The maximum absolute atomic E-state index is 13.9. The Labute approximate surface area is 266 Å². The van der Waals surface area contributed by atoms with Crippen LogP contribution in [0, 0.1) is 5.82 Å². The maximum Gasteiger partial charge on any atom is 0.410 e. The molecule has 1 atom stereocenters. The number of imidazole rings is 1. The van der Waals surface area contributed by atoms with Gasteiger partial charge in [0.05, 0.1) is 23.7 Å². The topological polar surface area (TPSA) is 74.9 Å². The third-order valence-corrected chi connectivity index (χ3v) is 10.2. The van der Waals surface area contributed by atoms with Gasteiger partial charge >= 0.3 is 11.8 Å². The van der Waals surface area contributed by atoms with Crippen LogP contribution in [-0.2, 0) is 33.4 Å². The van der Waals surface area contributed by atoms with Crippen LogP contribution in [0.15, 0.2) is 41.2 Å². The standard InChI is InChI=1S/C33H47ClFN3O5Si/c1-23(27-19-25(34)20-28-29(27)36(5)30(39)38(28)22-41-17-18-44(6,7)8)42-21-33(24-9-11-26(35)12-10-24)13-15-37(16-14-33)31(40)43-32(2,3)4/h9-12,19-20,23H,13-18,21-22H2,1-8H3. The number of nitrogens with zero attached hydrogens (tertiary/aromatic N) is 3. The number of rotatable bonds is 10. The Morgan fingerprint density at radius 3 is 2.34 bits per heavy atom. The van der Waals surface area contributed by atoms with E-state index in [1.165, 1.54) is 12.1 Å². The number of piperidine rings is 1. The summed E-state index contributed by atoms with van der Waals surface area (Å²) in [6.45, 7) is 16.4. The molecular formula is C33H47ClFN3O5Si. The molecule has 1 saturated heterocycles. The fraction of sp³-hybridized carbons (Fsp3) is 0.576. The number of hydrogen-bond donors (Lipinski definition) is 0. The van der Waals surface area contributed by atoms with Gasteiger partial charge in [0.15, 0.2) is 0 Å². The van der Waals surface area contributed by atoms with Crippen molar-refractivity contribution in [2.24, 2.45) is 7.05 Å². The highest BCUT2D eigenvalue weighted by Gasteiger charge is 2.39. The molecule has 0 bridgehead atoms. The largest absolute Gasteiger partial charge is 0.444 e. The van der Waals surface area contributed by atoms with Gasteiger partial charge in [0.2, 0.25) is 0 Å². The molecule has 8 nitrogen and oxygen atoms in total. The Hall–Kier alpha value is -2.66. The number of ether oxygens (including phenoxy) is 3. The van der Waals surface area contributed by atoms with Gasteiger partial charge < -0.3 is 19.1 Å². The van der Waals surface area contributed by atoms with Gasteiger partial charge in [0.1, 0.15) is 18.1 Å². The summed E-state index contributed by atoms with van der Waals surface area (Å²) in [5.41, 5.74) is 2.00. The molecule has 0 spiro atoms. The Kier molecular flexibility index (Phi) is 10.4. The lowest BCUT2D eigenvalue weighted by atomic mass is 9.73. The van der Waals surface area contributed by atoms with E-state index in [9.17, 15) is 14.0 Å². The minimum atomic E-state index is -1.27. The molecule has 1 aliphatic rings. The van der Waals surface area contributed by atoms with E-state index in [2.05, 4.69) is 19.6 Å². The van der Waals surface area contributed by atoms with Crippen LogP contribution in [-0.4, -0.2) is 60.1 Å². The minimum absolute atomic E-state index is 0.150. The van der Waals surface area contributed by atoms with Gasteiger partial charge in [-0.1, -0.05) is 43.4 Å². The Morgan fingerprint density at radius 2 is 1.75 bits per heavy atom. The van der Waals surface area contributed by atoms with Crippen LogP contribution in [0.2, 0.25) is 30.7 Å². The second-order valence-corrected chi connectivity index (χ2v) is 20.2. The average Bonchev–Trinajstić information content (AvgIpc) is 3.17. The normalized spacial score (nSPS) is 16.4. The molecular weight excluding hydrogens is 601 g/mol. The number of likely N-dealkylation sites (tertiary alicyclic amines) is 1. The van der Waals surface area contributed by atoms with Crippen LogP contribution in [0.3, 0.4) is 0 Å². The monoisotopic (exact) mass is 647 g/mol. The molecule has 1 amide bonds. The first-order chi connectivity index (χ1) is 20.5. The third kappa shape index (κ3) is 8.13. The number of aryl methyl sites for hydroxylation is 1. The number of hydrogen-bond acceptors (Lipinski definition) is 5. The van der Waals surface area contributed by atoms with E-state index >= 15 is 0 Å². The number of halogens is 2. The zero-order valence-corrected chi connectivity index (χ0v) is 29.1. The number of benzene rings is 2. The van der Waals surface area contributed by atoms with E-state index in [-0.39, 0.29) is 24.3 Å². The van der Waals surface area contributed by atoms with Gasteiger partial charge in [-0.05, 0) is 76.4 Å². The molecule has 1 fully saturated rings. The van der Waals surface area contributed by atoms with Crippen molar-refractivity contribution in [3.05, 3.63) is 68.8 Å². The van der Waals surface area contributed by atoms with Crippen molar-refractivity contribution < 1.29 is 23.4 Å². The van der Waals surface area contributed by atoms with Gasteiger partial charge in [-0.3, -0.25) is 9.13 Å². The summed E-state index contributed by atoms with van der Waals surface area (Å²) in [6.07, 6.45) is 0.501. The summed E-state index contributed by atoms with van der Waals surface area (Å²) in [6, 6.07) is 11.2. The highest BCUT2D eigenvalue weighted by Crippen LogP contribution is 2.39. The minimum Gasteiger partial charge on any atom is -0.444 e.